The molecule has 0 amide bonds. The van der Waals surface area contributed by atoms with E-state index in [2.05, 4.69) is 27.7 Å². The zero-order chi connectivity index (χ0) is 18.1. The number of ether oxygens (including phenoxy) is 3. The third-order valence-electron chi connectivity index (χ3n) is 4.80. The van der Waals surface area contributed by atoms with Crippen molar-refractivity contribution >= 4 is 0 Å². The molecule has 0 saturated heterocycles. The highest BCUT2D eigenvalue weighted by Gasteiger charge is 2.38. The SMILES string of the molecule is CCCCCCCCC(CCCOC)C(CCC)(OCC)OCC. The van der Waals surface area contributed by atoms with Crippen LogP contribution < -0.4 is 0 Å². The summed E-state index contributed by atoms with van der Waals surface area (Å²) in [4.78, 5) is 0. The van der Waals surface area contributed by atoms with Crippen molar-refractivity contribution in [1.82, 2.24) is 0 Å². The highest BCUT2D eigenvalue weighted by Crippen LogP contribution is 2.36. The van der Waals surface area contributed by atoms with Gasteiger partial charge in [-0.1, -0.05) is 58.8 Å². The van der Waals surface area contributed by atoms with Crippen molar-refractivity contribution in [2.24, 2.45) is 5.92 Å². The minimum atomic E-state index is -0.393. The maximum atomic E-state index is 6.24. The van der Waals surface area contributed by atoms with Crippen molar-refractivity contribution < 1.29 is 14.2 Å². The Hall–Kier alpha value is -0.120. The maximum absolute atomic E-state index is 6.24. The molecule has 0 aliphatic carbocycles. The van der Waals surface area contributed by atoms with Gasteiger partial charge in [0.25, 0.3) is 0 Å². The van der Waals surface area contributed by atoms with Crippen molar-refractivity contribution in [3.63, 3.8) is 0 Å². The van der Waals surface area contributed by atoms with E-state index in [0.29, 0.717) is 5.92 Å². The highest BCUT2D eigenvalue weighted by atomic mass is 16.7. The summed E-state index contributed by atoms with van der Waals surface area (Å²) >= 11 is 0. The van der Waals surface area contributed by atoms with Gasteiger partial charge in [-0.3, -0.25) is 0 Å². The van der Waals surface area contributed by atoms with E-state index in [-0.39, 0.29) is 0 Å². The van der Waals surface area contributed by atoms with Crippen molar-refractivity contribution in [3.8, 4) is 0 Å². The topological polar surface area (TPSA) is 27.7 Å². The van der Waals surface area contributed by atoms with E-state index in [9.17, 15) is 0 Å². The van der Waals surface area contributed by atoms with Gasteiger partial charge in [-0.25, -0.2) is 0 Å². The van der Waals surface area contributed by atoms with Gasteiger partial charge in [0.1, 0.15) is 0 Å². The zero-order valence-corrected chi connectivity index (χ0v) is 17.2. The van der Waals surface area contributed by atoms with Gasteiger partial charge in [-0.15, -0.1) is 0 Å². The molecule has 0 N–H and O–H groups in total. The van der Waals surface area contributed by atoms with E-state index in [1.807, 2.05) is 0 Å². The van der Waals surface area contributed by atoms with Gasteiger partial charge in [0.2, 0.25) is 0 Å². The standard InChI is InChI=1S/C21H44O3/c1-6-10-11-12-13-14-16-20(17-15-19-22-5)21(18-7-2,23-8-3)24-9-4/h20H,6-19H2,1-5H3. The summed E-state index contributed by atoms with van der Waals surface area (Å²) < 4.78 is 17.7. The largest absolute Gasteiger partial charge is 0.385 e. The average Bonchev–Trinajstić information content (AvgIpc) is 2.57. The molecule has 24 heavy (non-hydrogen) atoms. The molecular formula is C21H44O3. The lowest BCUT2D eigenvalue weighted by Gasteiger charge is -2.40. The maximum Gasteiger partial charge on any atom is 0.170 e. The van der Waals surface area contributed by atoms with E-state index >= 15 is 0 Å². The van der Waals surface area contributed by atoms with Gasteiger partial charge in [0.15, 0.2) is 5.79 Å². The second-order valence-electron chi connectivity index (χ2n) is 6.82. The molecule has 0 spiro atoms. The summed E-state index contributed by atoms with van der Waals surface area (Å²) in [5.41, 5.74) is 0. The molecule has 0 aromatic carbocycles. The molecule has 0 fully saturated rings. The lowest BCUT2D eigenvalue weighted by molar-refractivity contribution is -0.270. The fraction of sp³-hybridized carbons (Fsp3) is 1.00. The molecule has 0 aliphatic rings. The minimum absolute atomic E-state index is 0.393. The highest BCUT2D eigenvalue weighted by molar-refractivity contribution is 4.80. The quantitative estimate of drug-likeness (QED) is 0.214. The first-order valence-corrected chi connectivity index (χ1v) is 10.5. The molecule has 0 heterocycles. The molecule has 3 nitrogen and oxygen atoms in total. The van der Waals surface area contributed by atoms with Crippen LogP contribution in [0.4, 0.5) is 0 Å². The van der Waals surface area contributed by atoms with Crippen LogP contribution in [0.15, 0.2) is 0 Å². The predicted molar refractivity (Wildman–Crippen MR) is 103 cm³/mol. The van der Waals surface area contributed by atoms with E-state index in [1.54, 1.807) is 7.11 Å². The second kappa shape index (κ2) is 16.4. The molecule has 0 rings (SSSR count). The van der Waals surface area contributed by atoms with Crippen molar-refractivity contribution in [2.75, 3.05) is 26.9 Å². The van der Waals surface area contributed by atoms with Gasteiger partial charge in [-0.2, -0.15) is 0 Å². The number of hydrogen-bond donors (Lipinski definition) is 0. The van der Waals surface area contributed by atoms with Gasteiger partial charge in [0, 0.05) is 39.3 Å². The van der Waals surface area contributed by atoms with Gasteiger partial charge in [-0.05, 0) is 33.1 Å². The Morgan fingerprint density at radius 2 is 1.29 bits per heavy atom. The Labute approximate surface area is 151 Å². The fourth-order valence-corrected chi connectivity index (χ4v) is 3.69. The number of methoxy groups -OCH3 is 1. The summed E-state index contributed by atoms with van der Waals surface area (Å²) in [6.45, 7) is 10.9. The molecule has 3 heteroatoms. The third-order valence-corrected chi connectivity index (χ3v) is 4.80. The first kappa shape index (κ1) is 23.9. The number of unbranched alkanes of at least 4 members (excludes halogenated alkanes) is 5. The Balaban J connectivity index is 4.74. The van der Waals surface area contributed by atoms with Crippen LogP contribution in [0.2, 0.25) is 0 Å². The van der Waals surface area contributed by atoms with Crippen LogP contribution in [0, 0.1) is 5.92 Å². The molecule has 1 atom stereocenters. The Kier molecular flexibility index (Phi) is 16.3. The van der Waals surface area contributed by atoms with Gasteiger partial charge < -0.3 is 14.2 Å². The number of hydrogen-bond acceptors (Lipinski definition) is 3. The normalized spacial score (nSPS) is 13.4. The summed E-state index contributed by atoms with van der Waals surface area (Å²) in [6, 6.07) is 0. The fourth-order valence-electron chi connectivity index (χ4n) is 3.69. The van der Waals surface area contributed by atoms with Crippen LogP contribution >= 0.6 is 0 Å². The zero-order valence-electron chi connectivity index (χ0n) is 17.2. The van der Waals surface area contributed by atoms with Crippen LogP contribution in [0.25, 0.3) is 0 Å². The monoisotopic (exact) mass is 344 g/mol. The van der Waals surface area contributed by atoms with Crippen LogP contribution in [0.1, 0.15) is 98.3 Å². The summed E-state index contributed by atoms with van der Waals surface area (Å²) in [7, 11) is 1.78. The Morgan fingerprint density at radius 1 is 0.708 bits per heavy atom. The summed E-state index contributed by atoms with van der Waals surface area (Å²) in [5.74, 6) is 0.0776. The molecule has 0 aromatic rings. The third kappa shape index (κ3) is 10.0. The molecule has 0 saturated carbocycles. The Bertz CT molecular complexity index is 238. The molecule has 146 valence electrons. The van der Waals surface area contributed by atoms with E-state index in [4.69, 9.17) is 14.2 Å². The van der Waals surface area contributed by atoms with Crippen LogP contribution in [0.3, 0.4) is 0 Å². The van der Waals surface area contributed by atoms with E-state index in [0.717, 1.165) is 45.5 Å². The van der Waals surface area contributed by atoms with Crippen LogP contribution in [-0.2, 0) is 14.2 Å². The second-order valence-corrected chi connectivity index (χ2v) is 6.82. The van der Waals surface area contributed by atoms with Gasteiger partial charge >= 0.3 is 0 Å². The lowest BCUT2D eigenvalue weighted by Crippen LogP contribution is -2.44. The summed E-state index contributed by atoms with van der Waals surface area (Å²) in [6.07, 6.45) is 13.5. The Morgan fingerprint density at radius 3 is 1.83 bits per heavy atom. The predicted octanol–water partition coefficient (Wildman–Crippen LogP) is 6.35. The van der Waals surface area contributed by atoms with Crippen molar-refractivity contribution in [1.29, 1.82) is 0 Å². The molecule has 0 aliphatic heterocycles. The van der Waals surface area contributed by atoms with E-state index < -0.39 is 5.79 Å². The van der Waals surface area contributed by atoms with Crippen LogP contribution in [-0.4, -0.2) is 32.7 Å². The molecule has 1 unspecified atom stereocenters. The molecule has 0 bridgehead atoms. The van der Waals surface area contributed by atoms with Gasteiger partial charge in [0.05, 0.1) is 0 Å². The first-order chi connectivity index (χ1) is 11.7. The summed E-state index contributed by atoms with van der Waals surface area (Å²) in [5, 5.41) is 0. The molecule has 0 aromatic heterocycles. The smallest absolute Gasteiger partial charge is 0.170 e. The van der Waals surface area contributed by atoms with Crippen LogP contribution in [0.5, 0.6) is 0 Å². The molecular weight excluding hydrogens is 300 g/mol. The molecule has 0 radical (unpaired) electrons. The van der Waals surface area contributed by atoms with E-state index in [1.165, 1.54) is 44.9 Å². The van der Waals surface area contributed by atoms with Crippen molar-refractivity contribution in [3.05, 3.63) is 0 Å². The number of rotatable bonds is 18. The lowest BCUT2D eigenvalue weighted by atomic mass is 9.85. The minimum Gasteiger partial charge on any atom is -0.385 e. The average molecular weight is 345 g/mol. The van der Waals surface area contributed by atoms with Crippen molar-refractivity contribution in [2.45, 2.75) is 104 Å². The first-order valence-electron chi connectivity index (χ1n) is 10.5.